The topological polar surface area (TPSA) is 54.4 Å². The quantitative estimate of drug-likeness (QED) is 0.358. The zero-order valence-corrected chi connectivity index (χ0v) is 15.7. The molecule has 0 radical (unpaired) electrons. The van der Waals surface area contributed by atoms with Gasteiger partial charge in [0, 0.05) is 26.6 Å². The van der Waals surface area contributed by atoms with E-state index in [9.17, 15) is 4.79 Å². The highest BCUT2D eigenvalue weighted by atomic mass is 35.5. The van der Waals surface area contributed by atoms with Crippen LogP contribution in [0.1, 0.15) is 15.9 Å². The molecule has 1 N–H and O–H groups in total. The summed E-state index contributed by atoms with van der Waals surface area (Å²) >= 11 is 13.4. The van der Waals surface area contributed by atoms with Crippen LogP contribution < -0.4 is 5.43 Å². The number of nitrogens with one attached hydrogen (secondary N) is 1. The largest absolute Gasteiger partial charge is 0.274 e. The number of carbonyl (C=O) groups is 1. The lowest BCUT2D eigenvalue weighted by molar-refractivity contribution is 0.0955. The van der Waals surface area contributed by atoms with E-state index in [4.69, 9.17) is 23.2 Å². The second kappa shape index (κ2) is 8.85. The smallest absolute Gasteiger partial charge is 0.267 e. The van der Waals surface area contributed by atoms with Crippen molar-refractivity contribution in [1.82, 2.24) is 10.4 Å². The van der Waals surface area contributed by atoms with Crippen LogP contribution in [0.3, 0.4) is 0 Å². The molecule has 130 valence electrons. The Morgan fingerprint density at radius 3 is 2.58 bits per heavy atom. The van der Waals surface area contributed by atoms with Crippen LogP contribution >= 0.6 is 35.0 Å². The molecule has 3 aromatic rings. The van der Waals surface area contributed by atoms with Gasteiger partial charge in [0.2, 0.25) is 0 Å². The van der Waals surface area contributed by atoms with E-state index in [2.05, 4.69) is 15.5 Å². The van der Waals surface area contributed by atoms with Crippen molar-refractivity contribution >= 4 is 47.1 Å². The minimum Gasteiger partial charge on any atom is -0.267 e. The molecule has 0 bridgehead atoms. The van der Waals surface area contributed by atoms with Gasteiger partial charge in [0.05, 0.1) is 11.8 Å². The third kappa shape index (κ3) is 4.85. The summed E-state index contributed by atoms with van der Waals surface area (Å²) < 4.78 is 0. The lowest BCUT2D eigenvalue weighted by Gasteiger charge is -2.06. The van der Waals surface area contributed by atoms with Crippen molar-refractivity contribution in [2.24, 2.45) is 5.10 Å². The molecule has 0 saturated carbocycles. The van der Waals surface area contributed by atoms with Crippen molar-refractivity contribution in [2.75, 3.05) is 0 Å². The number of rotatable bonds is 5. The van der Waals surface area contributed by atoms with E-state index in [1.54, 1.807) is 30.1 Å². The van der Waals surface area contributed by atoms with Crippen LogP contribution in [0.2, 0.25) is 10.2 Å². The van der Waals surface area contributed by atoms with E-state index in [1.165, 1.54) is 6.20 Å². The maximum atomic E-state index is 12.1. The number of amides is 1. The molecule has 0 atom stereocenters. The molecule has 0 aliphatic heterocycles. The molecule has 2 aromatic carbocycles. The minimum atomic E-state index is -0.415. The summed E-state index contributed by atoms with van der Waals surface area (Å²) in [6.45, 7) is 0. The van der Waals surface area contributed by atoms with Crippen LogP contribution in [0.15, 0.2) is 81.8 Å². The van der Waals surface area contributed by atoms with Gasteiger partial charge in [0.15, 0.2) is 0 Å². The van der Waals surface area contributed by atoms with Crippen molar-refractivity contribution in [1.29, 1.82) is 0 Å². The maximum Gasteiger partial charge on any atom is 0.274 e. The van der Waals surface area contributed by atoms with Crippen LogP contribution in [-0.4, -0.2) is 17.1 Å². The average Bonchev–Trinajstić information content (AvgIpc) is 2.65. The highest BCUT2D eigenvalue weighted by molar-refractivity contribution is 7.99. The van der Waals surface area contributed by atoms with Crippen LogP contribution in [-0.2, 0) is 0 Å². The van der Waals surface area contributed by atoms with Gasteiger partial charge in [-0.05, 0) is 42.5 Å². The Balaban J connectivity index is 1.72. The van der Waals surface area contributed by atoms with Gasteiger partial charge in [0.25, 0.3) is 5.91 Å². The van der Waals surface area contributed by atoms with Crippen molar-refractivity contribution in [3.63, 3.8) is 0 Å². The molecule has 0 saturated heterocycles. The highest BCUT2D eigenvalue weighted by Gasteiger charge is 2.09. The number of hydrogen-bond acceptors (Lipinski definition) is 4. The van der Waals surface area contributed by atoms with Gasteiger partial charge < -0.3 is 0 Å². The zero-order chi connectivity index (χ0) is 18.4. The van der Waals surface area contributed by atoms with Crippen molar-refractivity contribution in [3.8, 4) is 0 Å². The van der Waals surface area contributed by atoms with E-state index >= 15 is 0 Å². The number of halogens is 2. The Morgan fingerprint density at radius 1 is 1.04 bits per heavy atom. The summed E-state index contributed by atoms with van der Waals surface area (Å²) in [5.41, 5.74) is 3.62. The monoisotopic (exact) mass is 401 g/mol. The molecule has 0 aliphatic rings. The Bertz CT molecular complexity index is 946. The zero-order valence-electron chi connectivity index (χ0n) is 13.4. The molecule has 26 heavy (non-hydrogen) atoms. The number of nitrogens with zero attached hydrogens (tertiary/aromatic N) is 2. The molecule has 0 spiro atoms. The lowest BCUT2D eigenvalue weighted by Crippen LogP contribution is -2.18. The second-order valence-corrected chi connectivity index (χ2v) is 7.04. The fraction of sp³-hybridized carbons (Fsp3) is 0. The molecular formula is C19H13Cl2N3OS. The molecule has 4 nitrogen and oxygen atoms in total. The first kappa shape index (κ1) is 18.5. The predicted molar refractivity (Wildman–Crippen MR) is 106 cm³/mol. The summed E-state index contributed by atoms with van der Waals surface area (Å²) in [6.07, 6.45) is 3.12. The standard InChI is InChI=1S/C19H13Cl2N3OS/c20-14-7-9-15(10-8-14)26-17-6-2-1-4-13(17)12-23-24-19(25)16-5-3-11-22-18(16)21/h1-12H,(H,24,25). The van der Waals surface area contributed by atoms with Crippen molar-refractivity contribution < 1.29 is 4.79 Å². The molecular weight excluding hydrogens is 389 g/mol. The molecule has 1 aromatic heterocycles. The van der Waals surface area contributed by atoms with Crippen molar-refractivity contribution in [3.05, 3.63) is 88.2 Å². The second-order valence-electron chi connectivity index (χ2n) is 5.13. The fourth-order valence-corrected chi connectivity index (χ4v) is 3.33. The van der Waals surface area contributed by atoms with Gasteiger partial charge in [-0.25, -0.2) is 10.4 Å². The molecule has 3 rings (SSSR count). The Labute approximate surface area is 165 Å². The fourth-order valence-electron chi connectivity index (χ4n) is 2.09. The number of benzene rings is 2. The lowest BCUT2D eigenvalue weighted by atomic mass is 10.2. The molecule has 7 heteroatoms. The summed E-state index contributed by atoms with van der Waals surface area (Å²) in [5.74, 6) is -0.415. The Morgan fingerprint density at radius 2 is 1.81 bits per heavy atom. The predicted octanol–water partition coefficient (Wildman–Crippen LogP) is 5.30. The van der Waals surface area contributed by atoms with Gasteiger partial charge >= 0.3 is 0 Å². The molecule has 1 heterocycles. The Kier molecular flexibility index (Phi) is 6.28. The van der Waals surface area contributed by atoms with Gasteiger partial charge in [-0.2, -0.15) is 5.10 Å². The molecule has 1 amide bonds. The number of hydrogen-bond donors (Lipinski definition) is 1. The summed E-state index contributed by atoms with van der Waals surface area (Å²) in [4.78, 5) is 18.0. The number of aromatic nitrogens is 1. The summed E-state index contributed by atoms with van der Waals surface area (Å²) in [7, 11) is 0. The normalized spacial score (nSPS) is 10.8. The Hall–Kier alpha value is -2.34. The summed E-state index contributed by atoms with van der Waals surface area (Å²) in [5, 5.41) is 4.86. The first-order chi connectivity index (χ1) is 12.6. The van der Waals surface area contributed by atoms with E-state index in [0.717, 1.165) is 15.4 Å². The average molecular weight is 402 g/mol. The van der Waals surface area contributed by atoms with Gasteiger partial charge in [-0.15, -0.1) is 0 Å². The molecule has 0 aliphatic carbocycles. The number of carbonyl (C=O) groups excluding carboxylic acids is 1. The third-order valence-corrected chi connectivity index (χ3v) is 4.99. The third-order valence-electron chi connectivity index (χ3n) is 3.33. The van der Waals surface area contributed by atoms with Crippen LogP contribution in [0.5, 0.6) is 0 Å². The van der Waals surface area contributed by atoms with Crippen LogP contribution in [0.4, 0.5) is 0 Å². The van der Waals surface area contributed by atoms with Gasteiger partial charge in [0.1, 0.15) is 5.15 Å². The first-order valence-electron chi connectivity index (χ1n) is 7.60. The molecule has 0 fully saturated rings. The van der Waals surface area contributed by atoms with E-state index in [0.29, 0.717) is 5.02 Å². The van der Waals surface area contributed by atoms with Gasteiger partial charge in [-0.3, -0.25) is 4.79 Å². The first-order valence-corrected chi connectivity index (χ1v) is 9.17. The van der Waals surface area contributed by atoms with E-state index in [-0.39, 0.29) is 10.7 Å². The minimum absolute atomic E-state index is 0.138. The van der Waals surface area contributed by atoms with Gasteiger partial charge in [-0.1, -0.05) is 53.2 Å². The van der Waals surface area contributed by atoms with E-state index < -0.39 is 5.91 Å². The number of pyridine rings is 1. The van der Waals surface area contributed by atoms with Crippen LogP contribution in [0.25, 0.3) is 0 Å². The molecule has 0 unspecified atom stereocenters. The summed E-state index contributed by atoms with van der Waals surface area (Å²) in [6, 6.07) is 18.6. The highest BCUT2D eigenvalue weighted by Crippen LogP contribution is 2.30. The van der Waals surface area contributed by atoms with E-state index in [1.807, 2.05) is 48.5 Å². The van der Waals surface area contributed by atoms with Crippen molar-refractivity contribution in [2.45, 2.75) is 9.79 Å². The van der Waals surface area contributed by atoms with Crippen LogP contribution in [0, 0.1) is 0 Å². The number of hydrazone groups is 1. The maximum absolute atomic E-state index is 12.1. The SMILES string of the molecule is O=C(NN=Cc1ccccc1Sc1ccc(Cl)cc1)c1cccnc1Cl.